The number of hydrogen-bond acceptors (Lipinski definition) is 8. The minimum atomic E-state index is -1.26. The van der Waals surface area contributed by atoms with Crippen molar-refractivity contribution in [2.24, 2.45) is 0 Å². The summed E-state index contributed by atoms with van der Waals surface area (Å²) >= 11 is 7.18. The molecule has 1 N–H and O–H groups in total. The second kappa shape index (κ2) is 13.0. The van der Waals surface area contributed by atoms with Gasteiger partial charge in [-0.15, -0.1) is 11.3 Å². The predicted octanol–water partition coefficient (Wildman–Crippen LogP) is 6.73. The van der Waals surface area contributed by atoms with Gasteiger partial charge in [0, 0.05) is 54.9 Å². The Balaban J connectivity index is 0.977. The smallest absolute Gasteiger partial charge is 0.245 e. The summed E-state index contributed by atoms with van der Waals surface area (Å²) in [5.74, 6) is -1.02. The Hall–Kier alpha value is -5.47. The van der Waals surface area contributed by atoms with Gasteiger partial charge in [0.05, 0.1) is 44.5 Å². The molecule has 1 fully saturated rings. The van der Waals surface area contributed by atoms with Crippen molar-refractivity contribution in [1.29, 1.82) is 0 Å². The zero-order chi connectivity index (χ0) is 35.4. The molecule has 256 valence electrons. The van der Waals surface area contributed by atoms with Crippen LogP contribution in [0.3, 0.4) is 0 Å². The highest BCUT2D eigenvalue weighted by molar-refractivity contribution is 7.80. The normalized spacial score (nSPS) is 16.0. The van der Waals surface area contributed by atoms with Gasteiger partial charge in [-0.3, -0.25) is 14.3 Å². The van der Waals surface area contributed by atoms with Crippen molar-refractivity contribution in [1.82, 2.24) is 39.6 Å². The molecule has 5 heterocycles. The van der Waals surface area contributed by atoms with Gasteiger partial charge in [0.15, 0.2) is 11.4 Å². The van der Waals surface area contributed by atoms with Crippen LogP contribution in [0.2, 0.25) is 0 Å². The molecular formula is C37H30F2N8O2S2. The van der Waals surface area contributed by atoms with Gasteiger partial charge in [0.2, 0.25) is 5.91 Å². The maximum Gasteiger partial charge on any atom is 0.245 e. The van der Waals surface area contributed by atoms with E-state index in [9.17, 15) is 14.0 Å². The van der Waals surface area contributed by atoms with Crippen LogP contribution in [0.1, 0.15) is 35.1 Å². The third kappa shape index (κ3) is 6.25. The van der Waals surface area contributed by atoms with Crippen LogP contribution in [0.15, 0.2) is 78.6 Å². The lowest BCUT2D eigenvalue weighted by Crippen LogP contribution is -2.46. The largest absolute Gasteiger partial charge is 0.374 e. The Bertz CT molecular complexity index is 2530. The van der Waals surface area contributed by atoms with Crippen LogP contribution in [-0.4, -0.2) is 69.7 Å². The SMILES string of the molecule is CC(=O)c1nn(CC(=O)N2C[C@H](F)C[C@H]2C(=S)NCc2ccc(-c3ccc4scnc4c3)c(F)c2)c2ccc(-c3cnc4cc(C)nn4c3)cc12. The summed E-state index contributed by atoms with van der Waals surface area (Å²) in [7, 11) is 0. The van der Waals surface area contributed by atoms with E-state index in [-0.39, 0.29) is 49.3 Å². The van der Waals surface area contributed by atoms with E-state index in [1.165, 1.54) is 33.9 Å². The number of aromatic nitrogens is 6. The number of aryl methyl sites for hydroxylation is 1. The summed E-state index contributed by atoms with van der Waals surface area (Å²) < 4.78 is 34.3. The molecular weight excluding hydrogens is 691 g/mol. The molecule has 3 aromatic carbocycles. The lowest BCUT2D eigenvalue weighted by atomic mass is 10.0. The third-order valence-electron chi connectivity index (χ3n) is 9.15. The highest BCUT2D eigenvalue weighted by atomic mass is 32.1. The lowest BCUT2D eigenvalue weighted by molar-refractivity contribution is -0.131. The zero-order valence-electron chi connectivity index (χ0n) is 27.5. The maximum absolute atomic E-state index is 15.2. The summed E-state index contributed by atoms with van der Waals surface area (Å²) in [4.78, 5) is 36.9. The number of nitrogens with one attached hydrogen (secondary N) is 1. The van der Waals surface area contributed by atoms with Crippen molar-refractivity contribution >= 4 is 67.0 Å². The van der Waals surface area contributed by atoms with E-state index in [0.717, 1.165) is 38.2 Å². The van der Waals surface area contributed by atoms with E-state index >= 15 is 4.39 Å². The molecule has 0 spiro atoms. The van der Waals surface area contributed by atoms with Gasteiger partial charge >= 0.3 is 0 Å². The Morgan fingerprint density at radius 3 is 2.69 bits per heavy atom. The van der Waals surface area contributed by atoms with Gasteiger partial charge in [-0.1, -0.05) is 36.5 Å². The second-order valence-electron chi connectivity index (χ2n) is 12.7. The first-order valence-corrected chi connectivity index (χ1v) is 17.6. The molecule has 1 aliphatic heterocycles. The van der Waals surface area contributed by atoms with Gasteiger partial charge in [-0.2, -0.15) is 10.2 Å². The number of alkyl halides is 1. The minimum absolute atomic E-state index is 0.0417. The highest BCUT2D eigenvalue weighted by Crippen LogP contribution is 2.30. The van der Waals surface area contributed by atoms with Gasteiger partial charge in [-0.05, 0) is 53.9 Å². The van der Waals surface area contributed by atoms with Gasteiger partial charge in [0.25, 0.3) is 0 Å². The molecule has 1 saturated heterocycles. The molecule has 1 amide bonds. The lowest BCUT2D eigenvalue weighted by Gasteiger charge is -2.25. The van der Waals surface area contributed by atoms with Gasteiger partial charge in [-0.25, -0.2) is 23.3 Å². The van der Waals surface area contributed by atoms with Crippen LogP contribution >= 0.6 is 23.6 Å². The number of thiazole rings is 1. The van der Waals surface area contributed by atoms with Crippen molar-refractivity contribution in [2.45, 2.75) is 45.6 Å². The number of nitrogens with zero attached hydrogens (tertiary/aromatic N) is 7. The van der Waals surface area contributed by atoms with Crippen LogP contribution in [0.25, 0.3) is 49.0 Å². The first-order chi connectivity index (χ1) is 24.6. The summed E-state index contributed by atoms with van der Waals surface area (Å²) in [6, 6.07) is 17.4. The van der Waals surface area contributed by atoms with Crippen molar-refractivity contribution in [3.05, 3.63) is 101 Å². The fourth-order valence-electron chi connectivity index (χ4n) is 6.65. The molecule has 14 heteroatoms. The first-order valence-electron chi connectivity index (χ1n) is 16.3. The zero-order valence-corrected chi connectivity index (χ0v) is 29.1. The van der Waals surface area contributed by atoms with Crippen LogP contribution < -0.4 is 5.32 Å². The van der Waals surface area contributed by atoms with E-state index in [1.807, 2.05) is 61.7 Å². The summed E-state index contributed by atoms with van der Waals surface area (Å²) in [6.45, 7) is 3.19. The number of hydrogen-bond donors (Lipinski definition) is 1. The first kappa shape index (κ1) is 32.7. The Morgan fingerprint density at radius 1 is 1.02 bits per heavy atom. The molecule has 51 heavy (non-hydrogen) atoms. The summed E-state index contributed by atoms with van der Waals surface area (Å²) in [6.07, 6.45) is 2.39. The third-order valence-corrected chi connectivity index (χ3v) is 10.4. The monoisotopic (exact) mass is 720 g/mol. The molecule has 10 nitrogen and oxygen atoms in total. The molecule has 0 saturated carbocycles. The molecule has 8 rings (SSSR count). The van der Waals surface area contributed by atoms with E-state index in [0.29, 0.717) is 27.0 Å². The van der Waals surface area contributed by atoms with Gasteiger partial charge in [0.1, 0.15) is 24.2 Å². The maximum atomic E-state index is 15.2. The number of amides is 1. The fourth-order valence-corrected chi connectivity index (χ4v) is 7.60. The summed E-state index contributed by atoms with van der Waals surface area (Å²) in [5.41, 5.74) is 8.41. The summed E-state index contributed by atoms with van der Waals surface area (Å²) in [5, 5.41) is 12.7. The number of carbonyl (C=O) groups is 2. The standard InChI is InChI=1S/C37H30F2N8O2S2/c1-20-9-34-40-15-25(16-47(34)43-20)23-4-7-31-28(11-23)36(21(2)48)44-46(31)18-35(49)45-17-26(38)13-32(45)37(50)41-14-22-3-6-27(29(39)10-22)24-5-8-33-30(12-24)42-19-51-33/h3-12,15-16,19,26,32H,13-14,17-18H2,1-2H3,(H,41,50)/t26-,32+/m1/s1. The fraction of sp³-hybridized carbons (Fsp3) is 0.216. The molecule has 7 aromatic rings. The number of benzene rings is 3. The molecule has 4 aromatic heterocycles. The van der Waals surface area contributed by atoms with Crippen molar-refractivity contribution in [2.75, 3.05) is 6.54 Å². The Labute approximate surface area is 299 Å². The number of likely N-dealkylation sites (tertiary alicyclic amines) is 1. The number of thiocarbonyl (C=S) groups is 1. The minimum Gasteiger partial charge on any atom is -0.374 e. The number of ketones is 1. The Morgan fingerprint density at radius 2 is 1.86 bits per heavy atom. The average molecular weight is 721 g/mol. The van der Waals surface area contributed by atoms with E-state index in [1.54, 1.807) is 22.3 Å². The van der Waals surface area contributed by atoms with E-state index in [2.05, 4.69) is 25.5 Å². The molecule has 2 atom stereocenters. The number of carbonyl (C=O) groups excluding carboxylic acids is 2. The van der Waals surface area contributed by atoms with Crippen LogP contribution in [0.4, 0.5) is 8.78 Å². The van der Waals surface area contributed by atoms with Crippen molar-refractivity contribution in [3.8, 4) is 22.3 Å². The molecule has 0 unspecified atom stereocenters. The number of Topliss-reactive ketones (excluding diaryl/α,β-unsaturated/α-hetero) is 1. The average Bonchev–Trinajstić information content (AvgIpc) is 3.91. The van der Waals surface area contributed by atoms with Crippen molar-refractivity contribution in [3.63, 3.8) is 0 Å². The molecule has 0 aliphatic carbocycles. The van der Waals surface area contributed by atoms with Gasteiger partial charge < -0.3 is 10.2 Å². The number of rotatable bonds is 8. The van der Waals surface area contributed by atoms with E-state index < -0.39 is 12.2 Å². The topological polar surface area (TPSA) is 110 Å². The quantitative estimate of drug-likeness (QED) is 0.136. The van der Waals surface area contributed by atoms with Crippen LogP contribution in [0, 0.1) is 12.7 Å². The second-order valence-corrected chi connectivity index (χ2v) is 14.0. The molecule has 0 radical (unpaired) electrons. The predicted molar refractivity (Wildman–Crippen MR) is 196 cm³/mol. The van der Waals surface area contributed by atoms with Crippen LogP contribution in [-0.2, 0) is 17.9 Å². The highest BCUT2D eigenvalue weighted by Gasteiger charge is 2.38. The Kier molecular flexibility index (Phi) is 8.35. The van der Waals surface area contributed by atoms with Crippen molar-refractivity contribution < 1.29 is 18.4 Å². The molecule has 0 bridgehead atoms. The number of fused-ring (bicyclic) bond motifs is 3. The van der Waals surface area contributed by atoms with E-state index in [4.69, 9.17) is 12.2 Å². The number of halogens is 2. The van der Waals surface area contributed by atoms with Crippen LogP contribution in [0.5, 0.6) is 0 Å². The molecule has 1 aliphatic rings.